The summed E-state index contributed by atoms with van der Waals surface area (Å²) in [6.45, 7) is 5.52. The summed E-state index contributed by atoms with van der Waals surface area (Å²) >= 11 is 1.18. The maximum atomic E-state index is 11.4. The molecule has 0 aliphatic heterocycles. The van der Waals surface area contributed by atoms with E-state index in [1.54, 1.807) is 6.92 Å². The molecule has 0 atom stereocenters. The number of aromatic nitrogens is 2. The highest BCUT2D eigenvalue weighted by Crippen LogP contribution is 2.40. The third-order valence-corrected chi connectivity index (χ3v) is 6.31. The standard InChI is InChI=1S/C21H22N2O4S/c1-11-18(13(3)27-23-11)16-10-14(20-22-12(2)19(28-20)21(24)25)8-9-17(16)26-15-6-4-5-7-15/h8-10,15H,4-7H2,1-3H3,(H,24,25). The maximum Gasteiger partial charge on any atom is 0.347 e. The second-order valence-corrected chi connectivity index (χ2v) is 8.17. The first kappa shape index (κ1) is 18.7. The van der Waals surface area contributed by atoms with Crippen molar-refractivity contribution in [3.05, 3.63) is 40.2 Å². The quantitative estimate of drug-likeness (QED) is 0.618. The molecule has 28 heavy (non-hydrogen) atoms. The van der Waals surface area contributed by atoms with Gasteiger partial charge in [0.25, 0.3) is 0 Å². The average Bonchev–Trinajstić information content (AvgIpc) is 3.37. The van der Waals surface area contributed by atoms with Crippen LogP contribution in [0.5, 0.6) is 5.75 Å². The number of aromatic carboxylic acids is 1. The highest BCUT2D eigenvalue weighted by atomic mass is 32.1. The van der Waals surface area contributed by atoms with E-state index in [1.165, 1.54) is 24.2 Å². The molecule has 0 saturated heterocycles. The minimum absolute atomic E-state index is 0.228. The summed E-state index contributed by atoms with van der Waals surface area (Å²) in [7, 11) is 0. The normalized spacial score (nSPS) is 14.5. The van der Waals surface area contributed by atoms with Gasteiger partial charge in [0.05, 0.1) is 23.1 Å². The van der Waals surface area contributed by atoms with Crippen molar-refractivity contribution in [2.75, 3.05) is 0 Å². The van der Waals surface area contributed by atoms with E-state index in [-0.39, 0.29) is 11.0 Å². The Morgan fingerprint density at radius 3 is 2.57 bits per heavy atom. The molecule has 2 heterocycles. The van der Waals surface area contributed by atoms with Gasteiger partial charge in [-0.3, -0.25) is 0 Å². The van der Waals surface area contributed by atoms with Crippen molar-refractivity contribution in [3.63, 3.8) is 0 Å². The van der Waals surface area contributed by atoms with Crippen LogP contribution in [-0.4, -0.2) is 27.3 Å². The molecule has 1 N–H and O–H groups in total. The van der Waals surface area contributed by atoms with Crippen molar-refractivity contribution in [3.8, 4) is 27.4 Å². The molecule has 7 heteroatoms. The number of hydrogen-bond donors (Lipinski definition) is 1. The monoisotopic (exact) mass is 398 g/mol. The Kier molecular flexibility index (Phi) is 4.93. The molecule has 146 valence electrons. The lowest BCUT2D eigenvalue weighted by molar-refractivity contribution is 0.0701. The molecule has 2 aromatic heterocycles. The van der Waals surface area contributed by atoms with Crippen LogP contribution in [0.15, 0.2) is 22.7 Å². The molecule has 3 aromatic rings. The summed E-state index contributed by atoms with van der Waals surface area (Å²) in [6.07, 6.45) is 4.75. The van der Waals surface area contributed by atoms with Crippen LogP contribution in [0.25, 0.3) is 21.7 Å². The van der Waals surface area contributed by atoms with E-state index in [0.717, 1.165) is 46.7 Å². The molecule has 1 aliphatic carbocycles. The predicted molar refractivity (Wildman–Crippen MR) is 107 cm³/mol. The van der Waals surface area contributed by atoms with E-state index in [9.17, 15) is 9.90 Å². The minimum atomic E-state index is -0.951. The second kappa shape index (κ2) is 7.39. The number of carbonyl (C=O) groups is 1. The second-order valence-electron chi connectivity index (χ2n) is 7.17. The number of thiazole rings is 1. The summed E-state index contributed by atoms with van der Waals surface area (Å²) in [5.74, 6) is 0.581. The largest absolute Gasteiger partial charge is 0.490 e. The molecule has 0 spiro atoms. The van der Waals surface area contributed by atoms with E-state index in [0.29, 0.717) is 10.7 Å². The van der Waals surface area contributed by atoms with Crippen molar-refractivity contribution >= 4 is 17.3 Å². The predicted octanol–water partition coefficient (Wildman–Crippen LogP) is 5.41. The van der Waals surface area contributed by atoms with Gasteiger partial charge in [0.15, 0.2) is 0 Å². The van der Waals surface area contributed by atoms with Crippen molar-refractivity contribution in [1.29, 1.82) is 0 Å². The Balaban J connectivity index is 1.81. The molecule has 4 rings (SSSR count). The Morgan fingerprint density at radius 1 is 1.21 bits per heavy atom. The fourth-order valence-corrected chi connectivity index (χ4v) is 4.63. The lowest BCUT2D eigenvalue weighted by Gasteiger charge is -2.17. The van der Waals surface area contributed by atoms with Crippen LogP contribution in [0.2, 0.25) is 0 Å². The highest BCUT2D eigenvalue weighted by Gasteiger charge is 2.23. The third kappa shape index (κ3) is 3.42. The Bertz CT molecular complexity index is 1010. The Hall–Kier alpha value is -2.67. The van der Waals surface area contributed by atoms with Gasteiger partial charge in [-0.2, -0.15) is 0 Å². The van der Waals surface area contributed by atoms with Crippen LogP contribution in [0, 0.1) is 20.8 Å². The van der Waals surface area contributed by atoms with Gasteiger partial charge in [0.1, 0.15) is 21.4 Å². The van der Waals surface area contributed by atoms with Gasteiger partial charge in [-0.05, 0) is 64.7 Å². The summed E-state index contributed by atoms with van der Waals surface area (Å²) in [5.41, 5.74) is 4.01. The van der Waals surface area contributed by atoms with E-state index in [1.807, 2.05) is 32.0 Å². The summed E-state index contributed by atoms with van der Waals surface area (Å²) in [4.78, 5) is 16.1. The molecule has 0 bridgehead atoms. The number of carboxylic acids is 1. The van der Waals surface area contributed by atoms with Crippen LogP contribution in [-0.2, 0) is 0 Å². The van der Waals surface area contributed by atoms with Gasteiger partial charge in [-0.1, -0.05) is 5.16 Å². The lowest BCUT2D eigenvalue weighted by atomic mass is 10.0. The molecular formula is C21H22N2O4S. The zero-order valence-electron chi connectivity index (χ0n) is 16.1. The number of rotatable bonds is 5. The number of carboxylic acid groups (broad SMARTS) is 1. The Morgan fingerprint density at radius 2 is 1.96 bits per heavy atom. The molecule has 0 unspecified atom stereocenters. The molecule has 6 nitrogen and oxygen atoms in total. The SMILES string of the molecule is Cc1nc(-c2ccc(OC3CCCC3)c(-c3c(C)noc3C)c2)sc1C(=O)O. The highest BCUT2D eigenvalue weighted by molar-refractivity contribution is 7.17. The molecule has 1 fully saturated rings. The zero-order valence-corrected chi connectivity index (χ0v) is 16.9. The first-order valence-electron chi connectivity index (χ1n) is 9.39. The third-order valence-electron chi connectivity index (χ3n) is 5.12. The number of hydrogen-bond acceptors (Lipinski definition) is 6. The number of ether oxygens (including phenoxy) is 1. The molecule has 1 aromatic carbocycles. The van der Waals surface area contributed by atoms with Crippen LogP contribution in [0.4, 0.5) is 0 Å². The van der Waals surface area contributed by atoms with E-state index >= 15 is 0 Å². The van der Waals surface area contributed by atoms with Crippen LogP contribution in [0.1, 0.15) is 52.5 Å². The van der Waals surface area contributed by atoms with Crippen LogP contribution in [0.3, 0.4) is 0 Å². The summed E-state index contributed by atoms with van der Waals surface area (Å²) in [5, 5.41) is 14.1. The number of aryl methyl sites for hydroxylation is 3. The van der Waals surface area contributed by atoms with Gasteiger partial charge in [-0.15, -0.1) is 11.3 Å². The van der Waals surface area contributed by atoms with Gasteiger partial charge >= 0.3 is 5.97 Å². The fraction of sp³-hybridized carbons (Fsp3) is 0.381. The van der Waals surface area contributed by atoms with Gasteiger partial charge in [0, 0.05) is 11.1 Å². The van der Waals surface area contributed by atoms with Crippen LogP contribution < -0.4 is 4.74 Å². The number of nitrogens with zero attached hydrogens (tertiary/aromatic N) is 2. The molecule has 0 radical (unpaired) electrons. The first-order valence-corrected chi connectivity index (χ1v) is 10.2. The first-order chi connectivity index (χ1) is 13.4. The van der Waals surface area contributed by atoms with E-state index < -0.39 is 5.97 Å². The van der Waals surface area contributed by atoms with Gasteiger partial charge < -0.3 is 14.4 Å². The van der Waals surface area contributed by atoms with Crippen molar-refractivity contribution < 1.29 is 19.2 Å². The zero-order chi connectivity index (χ0) is 19.8. The smallest absolute Gasteiger partial charge is 0.347 e. The van der Waals surface area contributed by atoms with Gasteiger partial charge in [-0.25, -0.2) is 9.78 Å². The summed E-state index contributed by atoms with van der Waals surface area (Å²) in [6, 6.07) is 5.89. The molecule has 1 aliphatic rings. The van der Waals surface area contributed by atoms with Crippen LogP contribution >= 0.6 is 11.3 Å². The Labute approximate surface area is 167 Å². The van der Waals surface area contributed by atoms with Crippen molar-refractivity contribution in [2.45, 2.75) is 52.6 Å². The van der Waals surface area contributed by atoms with E-state index in [4.69, 9.17) is 9.26 Å². The molecule has 0 amide bonds. The molecule has 1 saturated carbocycles. The fourth-order valence-electron chi connectivity index (χ4n) is 3.73. The van der Waals surface area contributed by atoms with E-state index in [2.05, 4.69) is 10.1 Å². The summed E-state index contributed by atoms with van der Waals surface area (Å²) < 4.78 is 11.7. The average molecular weight is 398 g/mol. The van der Waals surface area contributed by atoms with Crippen molar-refractivity contribution in [2.24, 2.45) is 0 Å². The minimum Gasteiger partial charge on any atom is -0.490 e. The molecular weight excluding hydrogens is 376 g/mol. The van der Waals surface area contributed by atoms with Gasteiger partial charge in [0.2, 0.25) is 0 Å². The lowest BCUT2D eigenvalue weighted by Crippen LogP contribution is -2.11. The number of benzene rings is 1. The topological polar surface area (TPSA) is 85.5 Å². The maximum absolute atomic E-state index is 11.4. The van der Waals surface area contributed by atoms with Crippen molar-refractivity contribution in [1.82, 2.24) is 10.1 Å².